The Hall–Kier alpha value is -2.74. The Labute approximate surface area is 137 Å². The monoisotopic (exact) mass is 327 g/mol. The second kappa shape index (κ2) is 5.41. The summed E-state index contributed by atoms with van der Waals surface area (Å²) in [4.78, 5) is 20.6. The zero-order valence-corrected chi connectivity index (χ0v) is 13.2. The number of nitrogens with one attached hydrogen (secondary N) is 1. The molecule has 1 aliphatic heterocycles. The van der Waals surface area contributed by atoms with Crippen molar-refractivity contribution in [2.75, 3.05) is 18.5 Å². The van der Waals surface area contributed by atoms with Crippen molar-refractivity contribution in [2.45, 2.75) is 25.4 Å². The maximum absolute atomic E-state index is 11.6. The van der Waals surface area contributed by atoms with Gasteiger partial charge in [-0.15, -0.1) is 5.10 Å². The van der Waals surface area contributed by atoms with Crippen LogP contribution in [0.5, 0.6) is 0 Å². The minimum Gasteiger partial charge on any atom is -0.479 e. The summed E-state index contributed by atoms with van der Waals surface area (Å²) >= 11 is 0. The molecule has 1 atom stereocenters. The van der Waals surface area contributed by atoms with Crippen molar-refractivity contribution in [3.63, 3.8) is 0 Å². The first-order chi connectivity index (χ1) is 11.6. The number of carboxylic acids is 1. The first-order valence-corrected chi connectivity index (χ1v) is 7.82. The lowest BCUT2D eigenvalue weighted by Crippen LogP contribution is -2.44. The maximum Gasteiger partial charge on any atom is 0.337 e. The molecule has 3 heterocycles. The van der Waals surface area contributed by atoms with Crippen LogP contribution in [0.15, 0.2) is 24.3 Å². The van der Waals surface area contributed by atoms with Gasteiger partial charge in [-0.25, -0.2) is 14.8 Å². The lowest BCUT2D eigenvalue weighted by atomic mass is 10.0. The number of para-hydroxylation sites is 1. The van der Waals surface area contributed by atoms with Crippen LogP contribution in [-0.4, -0.2) is 49.4 Å². The molecule has 1 aromatic carbocycles. The molecule has 1 unspecified atom stereocenters. The molecule has 8 heteroatoms. The van der Waals surface area contributed by atoms with Crippen molar-refractivity contribution < 1.29 is 14.6 Å². The Morgan fingerprint density at radius 2 is 2.25 bits per heavy atom. The van der Waals surface area contributed by atoms with Crippen LogP contribution in [0, 0.1) is 6.92 Å². The van der Waals surface area contributed by atoms with Crippen LogP contribution in [0.2, 0.25) is 0 Å². The molecule has 0 spiro atoms. The Morgan fingerprint density at radius 1 is 1.42 bits per heavy atom. The Morgan fingerprint density at radius 3 is 3.00 bits per heavy atom. The highest BCUT2D eigenvalue weighted by atomic mass is 16.5. The predicted molar refractivity (Wildman–Crippen MR) is 87.1 cm³/mol. The van der Waals surface area contributed by atoms with Crippen LogP contribution in [0.25, 0.3) is 16.6 Å². The highest BCUT2D eigenvalue weighted by Crippen LogP contribution is 2.27. The van der Waals surface area contributed by atoms with Gasteiger partial charge in [0.05, 0.1) is 12.1 Å². The highest BCUT2D eigenvalue weighted by Gasteiger charge is 2.43. The summed E-state index contributed by atoms with van der Waals surface area (Å²) in [6.07, 6.45) is 1.21. The number of anilines is 1. The molecule has 124 valence electrons. The third-order valence-corrected chi connectivity index (χ3v) is 4.31. The van der Waals surface area contributed by atoms with E-state index in [1.54, 1.807) is 4.52 Å². The smallest absolute Gasteiger partial charge is 0.337 e. The predicted octanol–water partition coefficient (Wildman–Crippen LogP) is 1.63. The molecule has 0 bridgehead atoms. The Bertz CT molecular complexity index is 930. The number of hydrogen-bond donors (Lipinski definition) is 2. The van der Waals surface area contributed by atoms with E-state index in [1.165, 1.54) is 0 Å². The molecule has 0 aliphatic carbocycles. The molecule has 4 rings (SSSR count). The minimum absolute atomic E-state index is 0.127. The van der Waals surface area contributed by atoms with E-state index in [2.05, 4.69) is 20.4 Å². The van der Waals surface area contributed by atoms with E-state index in [4.69, 9.17) is 4.74 Å². The van der Waals surface area contributed by atoms with Gasteiger partial charge >= 0.3 is 5.97 Å². The molecule has 24 heavy (non-hydrogen) atoms. The molecule has 2 aromatic heterocycles. The third-order valence-electron chi connectivity index (χ3n) is 4.31. The molecule has 0 amide bonds. The summed E-state index contributed by atoms with van der Waals surface area (Å²) in [7, 11) is 0. The number of rotatable bonds is 4. The van der Waals surface area contributed by atoms with Gasteiger partial charge in [-0.1, -0.05) is 12.1 Å². The highest BCUT2D eigenvalue weighted by molar-refractivity contribution is 5.92. The maximum atomic E-state index is 11.6. The number of hydrogen-bond acceptors (Lipinski definition) is 6. The molecule has 0 radical (unpaired) electrons. The minimum atomic E-state index is -1.21. The van der Waals surface area contributed by atoms with Crippen LogP contribution in [0.1, 0.15) is 18.7 Å². The van der Waals surface area contributed by atoms with E-state index in [-0.39, 0.29) is 6.54 Å². The average Bonchev–Trinajstić information content (AvgIpc) is 3.19. The zero-order valence-electron chi connectivity index (χ0n) is 13.2. The van der Waals surface area contributed by atoms with Crippen molar-refractivity contribution in [3.05, 3.63) is 30.1 Å². The number of aliphatic carboxylic acids is 1. The van der Waals surface area contributed by atoms with Gasteiger partial charge in [-0.2, -0.15) is 4.52 Å². The Kier molecular flexibility index (Phi) is 3.34. The van der Waals surface area contributed by atoms with Crippen molar-refractivity contribution in [1.82, 2.24) is 19.6 Å². The number of aryl methyl sites for hydroxylation is 1. The van der Waals surface area contributed by atoms with Gasteiger partial charge in [-0.05, 0) is 31.9 Å². The fraction of sp³-hybridized carbons (Fsp3) is 0.375. The molecule has 1 fully saturated rings. The lowest BCUT2D eigenvalue weighted by Gasteiger charge is -2.23. The summed E-state index contributed by atoms with van der Waals surface area (Å²) in [6.45, 7) is 2.39. The fourth-order valence-electron chi connectivity index (χ4n) is 3.08. The SMILES string of the molecule is Cc1nc2c3ccccc3nc(NCC3(C(=O)O)CCCO3)n2n1. The second-order valence-corrected chi connectivity index (χ2v) is 5.95. The number of ether oxygens (including phenoxy) is 1. The topological polar surface area (TPSA) is 102 Å². The summed E-state index contributed by atoms with van der Waals surface area (Å²) in [5.74, 6) is 0.126. The van der Waals surface area contributed by atoms with E-state index in [0.29, 0.717) is 30.4 Å². The number of benzene rings is 1. The molecule has 2 N–H and O–H groups in total. The normalized spacial score (nSPS) is 20.7. The zero-order chi connectivity index (χ0) is 16.7. The van der Waals surface area contributed by atoms with Gasteiger partial charge < -0.3 is 15.2 Å². The molecule has 8 nitrogen and oxygen atoms in total. The van der Waals surface area contributed by atoms with E-state index in [0.717, 1.165) is 17.3 Å². The van der Waals surface area contributed by atoms with Gasteiger partial charge in [0.25, 0.3) is 0 Å². The number of fused-ring (bicyclic) bond motifs is 3. The van der Waals surface area contributed by atoms with Gasteiger partial charge in [0.15, 0.2) is 11.2 Å². The van der Waals surface area contributed by atoms with Crippen LogP contribution in [0.4, 0.5) is 5.95 Å². The van der Waals surface area contributed by atoms with E-state index < -0.39 is 11.6 Å². The molecule has 1 aliphatic rings. The van der Waals surface area contributed by atoms with Gasteiger partial charge in [0, 0.05) is 12.0 Å². The van der Waals surface area contributed by atoms with Gasteiger partial charge in [-0.3, -0.25) is 0 Å². The number of aromatic nitrogens is 4. The van der Waals surface area contributed by atoms with Gasteiger partial charge in [0.2, 0.25) is 5.95 Å². The standard InChI is InChI=1S/C16H17N5O3/c1-10-18-13-11-5-2-3-6-12(11)19-15(21(13)20-10)17-9-16(14(22)23)7-4-8-24-16/h2-3,5-6H,4,7-9H2,1H3,(H,17,19)(H,22,23). The summed E-state index contributed by atoms with van der Waals surface area (Å²) in [5, 5.41) is 17.9. The quantitative estimate of drug-likeness (QED) is 0.751. The van der Waals surface area contributed by atoms with Crippen molar-refractivity contribution in [2.24, 2.45) is 0 Å². The lowest BCUT2D eigenvalue weighted by molar-refractivity contribution is -0.158. The van der Waals surface area contributed by atoms with Crippen molar-refractivity contribution in [1.29, 1.82) is 0 Å². The molecule has 3 aromatic rings. The number of carbonyl (C=O) groups is 1. The first kappa shape index (κ1) is 14.8. The Balaban J connectivity index is 1.76. The largest absolute Gasteiger partial charge is 0.479 e. The second-order valence-electron chi connectivity index (χ2n) is 5.95. The van der Waals surface area contributed by atoms with Gasteiger partial charge in [0.1, 0.15) is 5.82 Å². The summed E-state index contributed by atoms with van der Waals surface area (Å²) < 4.78 is 7.11. The summed E-state index contributed by atoms with van der Waals surface area (Å²) in [6, 6.07) is 7.66. The molecular weight excluding hydrogens is 310 g/mol. The van der Waals surface area contributed by atoms with E-state index in [9.17, 15) is 9.90 Å². The van der Waals surface area contributed by atoms with E-state index >= 15 is 0 Å². The van der Waals surface area contributed by atoms with E-state index in [1.807, 2.05) is 31.2 Å². The number of nitrogens with zero attached hydrogens (tertiary/aromatic N) is 4. The fourth-order valence-corrected chi connectivity index (χ4v) is 3.08. The third kappa shape index (κ3) is 2.26. The van der Waals surface area contributed by atoms with Crippen molar-refractivity contribution in [3.8, 4) is 0 Å². The van der Waals surface area contributed by atoms with Crippen LogP contribution in [0.3, 0.4) is 0 Å². The number of carboxylic acid groups (broad SMARTS) is 1. The first-order valence-electron chi connectivity index (χ1n) is 7.82. The summed E-state index contributed by atoms with van der Waals surface area (Å²) in [5.41, 5.74) is 0.254. The van der Waals surface area contributed by atoms with Crippen LogP contribution < -0.4 is 5.32 Å². The van der Waals surface area contributed by atoms with Crippen LogP contribution in [-0.2, 0) is 9.53 Å². The average molecular weight is 327 g/mol. The molecule has 1 saturated heterocycles. The molecule has 0 saturated carbocycles. The van der Waals surface area contributed by atoms with Crippen molar-refractivity contribution >= 4 is 28.5 Å². The molecular formula is C16H17N5O3. The van der Waals surface area contributed by atoms with Crippen LogP contribution >= 0.6 is 0 Å².